The normalized spacial score (nSPS) is 10.4. The van der Waals surface area contributed by atoms with Crippen LogP contribution in [0, 0.1) is 18.8 Å². The number of anilines is 1. The Bertz CT molecular complexity index is 539. The van der Waals surface area contributed by atoms with Crippen LogP contribution in [0.4, 0.5) is 5.69 Å². The lowest BCUT2D eigenvalue weighted by atomic mass is 10.1. The summed E-state index contributed by atoms with van der Waals surface area (Å²) in [6, 6.07) is 5.18. The predicted molar refractivity (Wildman–Crippen MR) is 65.6 cm³/mol. The molecule has 0 unspecified atom stereocenters. The van der Waals surface area contributed by atoms with E-state index in [2.05, 4.69) is 16.6 Å². The maximum Gasteiger partial charge on any atom is 0.229 e. The molecule has 0 aliphatic carbocycles. The summed E-state index contributed by atoms with van der Waals surface area (Å²) < 4.78 is 24.4. The lowest BCUT2D eigenvalue weighted by Crippen LogP contribution is -2.09. The molecule has 0 saturated heterocycles. The summed E-state index contributed by atoms with van der Waals surface area (Å²) in [6.45, 7) is 2.18. The summed E-state index contributed by atoms with van der Waals surface area (Å²) in [5.41, 5.74) is 7.58. The van der Waals surface area contributed by atoms with E-state index in [1.807, 2.05) is 6.92 Å². The largest absolute Gasteiger partial charge is 0.320 e. The van der Waals surface area contributed by atoms with Gasteiger partial charge in [-0.15, -0.1) is 0 Å². The Morgan fingerprint density at radius 2 is 2.12 bits per heavy atom. The van der Waals surface area contributed by atoms with E-state index in [1.165, 1.54) is 0 Å². The van der Waals surface area contributed by atoms with Gasteiger partial charge in [0, 0.05) is 11.3 Å². The zero-order valence-corrected chi connectivity index (χ0v) is 10.1. The highest BCUT2D eigenvalue weighted by atomic mass is 32.2. The van der Waals surface area contributed by atoms with Crippen LogP contribution >= 0.6 is 0 Å². The Morgan fingerprint density at radius 1 is 1.44 bits per heavy atom. The molecule has 0 atom stereocenters. The zero-order valence-electron chi connectivity index (χ0n) is 9.24. The third kappa shape index (κ3) is 3.93. The van der Waals surface area contributed by atoms with Gasteiger partial charge in [-0.3, -0.25) is 4.72 Å². The summed E-state index contributed by atoms with van der Waals surface area (Å²) in [5.74, 6) is 5.66. The number of rotatable bonds is 2. The van der Waals surface area contributed by atoms with Crippen molar-refractivity contribution in [3.63, 3.8) is 0 Å². The van der Waals surface area contributed by atoms with E-state index in [0.29, 0.717) is 12.2 Å². The molecule has 0 amide bonds. The third-order valence-electron chi connectivity index (χ3n) is 1.85. The maximum atomic E-state index is 11.0. The van der Waals surface area contributed by atoms with Gasteiger partial charge in [-0.25, -0.2) is 8.42 Å². The maximum absolute atomic E-state index is 11.0. The monoisotopic (exact) mass is 238 g/mol. The highest BCUT2D eigenvalue weighted by Crippen LogP contribution is 2.15. The Balaban J connectivity index is 3.00. The Morgan fingerprint density at radius 3 is 2.62 bits per heavy atom. The molecular formula is C11H14N2O2S. The van der Waals surface area contributed by atoms with Crippen molar-refractivity contribution in [1.82, 2.24) is 0 Å². The average Bonchev–Trinajstić information content (AvgIpc) is 2.14. The third-order valence-corrected chi connectivity index (χ3v) is 2.46. The van der Waals surface area contributed by atoms with Crippen molar-refractivity contribution in [2.24, 2.45) is 5.73 Å². The zero-order chi connectivity index (χ0) is 12.2. The lowest BCUT2D eigenvalue weighted by molar-refractivity contribution is 0.607. The van der Waals surface area contributed by atoms with Gasteiger partial charge < -0.3 is 5.73 Å². The van der Waals surface area contributed by atoms with Gasteiger partial charge in [-0.05, 0) is 30.7 Å². The predicted octanol–water partition coefficient (Wildman–Crippen LogP) is 0.677. The Hall–Kier alpha value is -1.51. The van der Waals surface area contributed by atoms with Crippen LogP contribution in [0.1, 0.15) is 11.1 Å². The minimum atomic E-state index is -3.23. The van der Waals surface area contributed by atoms with E-state index in [1.54, 1.807) is 18.2 Å². The molecule has 0 aliphatic rings. The molecule has 1 rings (SSSR count). The minimum Gasteiger partial charge on any atom is -0.320 e. The number of sulfonamides is 1. The molecule has 16 heavy (non-hydrogen) atoms. The molecule has 4 nitrogen and oxygen atoms in total. The highest BCUT2D eigenvalue weighted by molar-refractivity contribution is 7.92. The number of nitrogens with one attached hydrogen (secondary N) is 1. The van der Waals surface area contributed by atoms with Gasteiger partial charge in [-0.2, -0.15) is 0 Å². The van der Waals surface area contributed by atoms with Crippen LogP contribution in [0.3, 0.4) is 0 Å². The molecule has 0 aliphatic heterocycles. The van der Waals surface area contributed by atoms with Crippen molar-refractivity contribution < 1.29 is 8.42 Å². The van der Waals surface area contributed by atoms with Crippen molar-refractivity contribution in [2.45, 2.75) is 6.92 Å². The molecule has 0 fully saturated rings. The Kier molecular flexibility index (Phi) is 3.93. The van der Waals surface area contributed by atoms with Crippen molar-refractivity contribution >= 4 is 15.7 Å². The molecular weight excluding hydrogens is 224 g/mol. The van der Waals surface area contributed by atoms with Gasteiger partial charge in [0.05, 0.1) is 12.8 Å². The molecule has 1 aromatic carbocycles. The van der Waals surface area contributed by atoms with E-state index >= 15 is 0 Å². The van der Waals surface area contributed by atoms with Crippen molar-refractivity contribution in [1.29, 1.82) is 0 Å². The Labute approximate surface area is 95.9 Å². The number of aryl methyl sites for hydroxylation is 1. The molecule has 86 valence electrons. The fraction of sp³-hybridized carbons (Fsp3) is 0.273. The van der Waals surface area contributed by atoms with Crippen LogP contribution in [0.25, 0.3) is 0 Å². The van der Waals surface area contributed by atoms with Gasteiger partial charge in [0.25, 0.3) is 0 Å². The first-order valence-electron chi connectivity index (χ1n) is 4.70. The number of benzene rings is 1. The van der Waals surface area contributed by atoms with Crippen LogP contribution in [0.2, 0.25) is 0 Å². The smallest absolute Gasteiger partial charge is 0.229 e. The van der Waals surface area contributed by atoms with Gasteiger partial charge in [-0.1, -0.05) is 11.8 Å². The quantitative estimate of drug-likeness (QED) is 0.744. The topological polar surface area (TPSA) is 72.2 Å². The first-order chi connectivity index (χ1) is 7.42. The first-order valence-corrected chi connectivity index (χ1v) is 6.59. The van der Waals surface area contributed by atoms with E-state index < -0.39 is 10.0 Å². The minimum absolute atomic E-state index is 0.308. The summed E-state index contributed by atoms with van der Waals surface area (Å²) >= 11 is 0. The second-order valence-corrected chi connectivity index (χ2v) is 5.16. The second kappa shape index (κ2) is 5.01. The van der Waals surface area contributed by atoms with Crippen molar-refractivity contribution in [3.05, 3.63) is 29.3 Å². The molecule has 0 spiro atoms. The molecule has 0 saturated carbocycles. The molecule has 0 heterocycles. The van der Waals surface area contributed by atoms with Crippen LogP contribution in [0.15, 0.2) is 18.2 Å². The van der Waals surface area contributed by atoms with Gasteiger partial charge in [0.15, 0.2) is 0 Å². The number of nitrogens with two attached hydrogens (primary N) is 1. The lowest BCUT2D eigenvalue weighted by Gasteiger charge is -2.05. The standard InChI is InChI=1S/C11H14N2O2S/c1-9-8-11(13-16(2,14)15)6-5-10(9)4-3-7-12/h5-6,8,13H,7,12H2,1-2H3. The van der Waals surface area contributed by atoms with Crippen LogP contribution in [0.5, 0.6) is 0 Å². The number of hydrogen-bond acceptors (Lipinski definition) is 3. The SMILES string of the molecule is Cc1cc(NS(C)(=O)=O)ccc1C#CCN. The fourth-order valence-corrected chi connectivity index (χ4v) is 1.78. The van der Waals surface area contributed by atoms with E-state index in [4.69, 9.17) is 5.73 Å². The van der Waals surface area contributed by atoms with Crippen LogP contribution in [-0.4, -0.2) is 21.2 Å². The van der Waals surface area contributed by atoms with Crippen molar-refractivity contribution in [3.8, 4) is 11.8 Å². The van der Waals surface area contributed by atoms with Gasteiger partial charge >= 0.3 is 0 Å². The van der Waals surface area contributed by atoms with Crippen LogP contribution in [-0.2, 0) is 10.0 Å². The summed E-state index contributed by atoms with van der Waals surface area (Å²) in [4.78, 5) is 0. The molecule has 0 aromatic heterocycles. The highest BCUT2D eigenvalue weighted by Gasteiger charge is 2.03. The summed E-state index contributed by atoms with van der Waals surface area (Å²) in [6.07, 6.45) is 1.12. The summed E-state index contributed by atoms with van der Waals surface area (Å²) in [5, 5.41) is 0. The van der Waals surface area contributed by atoms with E-state index in [0.717, 1.165) is 17.4 Å². The van der Waals surface area contributed by atoms with Gasteiger partial charge in [0.2, 0.25) is 10.0 Å². The summed E-state index contributed by atoms with van der Waals surface area (Å²) in [7, 11) is -3.23. The average molecular weight is 238 g/mol. The molecule has 5 heteroatoms. The van der Waals surface area contributed by atoms with E-state index in [-0.39, 0.29) is 0 Å². The van der Waals surface area contributed by atoms with Crippen molar-refractivity contribution in [2.75, 3.05) is 17.5 Å². The molecule has 0 bridgehead atoms. The molecule has 3 N–H and O–H groups in total. The first kappa shape index (κ1) is 12.6. The number of hydrogen-bond donors (Lipinski definition) is 2. The van der Waals surface area contributed by atoms with Crippen LogP contribution < -0.4 is 10.5 Å². The second-order valence-electron chi connectivity index (χ2n) is 3.41. The molecule has 1 aromatic rings. The van der Waals surface area contributed by atoms with Gasteiger partial charge in [0.1, 0.15) is 0 Å². The van der Waals surface area contributed by atoms with E-state index in [9.17, 15) is 8.42 Å². The fourth-order valence-electron chi connectivity index (χ4n) is 1.23. The molecule has 0 radical (unpaired) electrons.